The Kier molecular flexibility index (Phi) is 13.2. The lowest BCUT2D eigenvalue weighted by atomic mass is 9.70. The zero-order chi connectivity index (χ0) is 48.0. The molecular formula is C51H62FN7O8S. The predicted molar refractivity (Wildman–Crippen MR) is 259 cm³/mol. The largest absolute Gasteiger partial charge is 0.475 e. The van der Waals surface area contributed by atoms with E-state index in [4.69, 9.17) is 9.47 Å². The third-order valence-corrected chi connectivity index (χ3v) is 16.3. The fourth-order valence-electron chi connectivity index (χ4n) is 11.1. The van der Waals surface area contributed by atoms with Gasteiger partial charge in [0.15, 0.2) is 5.75 Å². The second-order valence-electron chi connectivity index (χ2n) is 20.0. The molecule has 4 fully saturated rings. The Morgan fingerprint density at radius 2 is 1.76 bits per heavy atom. The Hall–Kier alpha value is -5.78. The summed E-state index contributed by atoms with van der Waals surface area (Å²) in [6.07, 6.45) is 9.51. The molecule has 2 saturated carbocycles. The number of carbonyl (C=O) groups excluding carboxylic acids is 1. The van der Waals surface area contributed by atoms with Crippen LogP contribution in [0.25, 0.3) is 11.0 Å². The van der Waals surface area contributed by atoms with Crippen LogP contribution < -0.4 is 24.4 Å². The Labute approximate surface area is 397 Å². The van der Waals surface area contributed by atoms with E-state index in [2.05, 4.69) is 67.9 Å². The van der Waals surface area contributed by atoms with Gasteiger partial charge in [0.1, 0.15) is 22.9 Å². The van der Waals surface area contributed by atoms with E-state index < -0.39 is 42.9 Å². The number of ether oxygens (including phenoxy) is 2. The van der Waals surface area contributed by atoms with E-state index in [1.54, 1.807) is 26.0 Å². The molecule has 9 rings (SSSR count). The molecule has 1 amide bonds. The van der Waals surface area contributed by atoms with Crippen molar-refractivity contribution in [3.8, 4) is 17.4 Å². The number of nitro groups is 1. The zero-order valence-corrected chi connectivity index (χ0v) is 40.0. The number of piperidine rings is 1. The molecule has 68 heavy (non-hydrogen) atoms. The zero-order valence-electron chi connectivity index (χ0n) is 39.2. The number of rotatable bonds is 15. The number of aliphatic hydroxyl groups is 1. The summed E-state index contributed by atoms with van der Waals surface area (Å²) in [6.45, 7) is 12.4. The average Bonchev–Trinajstić information content (AvgIpc) is 3.94. The van der Waals surface area contributed by atoms with Crippen LogP contribution in [0.15, 0.2) is 77.8 Å². The number of H-pyrrole nitrogens is 1. The van der Waals surface area contributed by atoms with Gasteiger partial charge >= 0.3 is 0 Å². The van der Waals surface area contributed by atoms with E-state index in [-0.39, 0.29) is 57.6 Å². The number of nitrogens with one attached hydrogen (secondary N) is 3. The second-order valence-corrected chi connectivity index (χ2v) is 21.7. The van der Waals surface area contributed by atoms with E-state index in [0.717, 1.165) is 63.6 Å². The average molecular weight is 952 g/mol. The van der Waals surface area contributed by atoms with Crippen LogP contribution in [0, 0.1) is 27.3 Å². The van der Waals surface area contributed by atoms with Crippen LogP contribution in [0.3, 0.4) is 0 Å². The maximum atomic E-state index is 14.9. The number of fused-ring (bicyclic) bond motifs is 1. The lowest BCUT2D eigenvalue weighted by Crippen LogP contribution is -2.63. The topological polar surface area (TPSA) is 192 Å². The Morgan fingerprint density at radius 1 is 1.01 bits per heavy atom. The number of hydrogen-bond acceptors (Lipinski definition) is 12. The van der Waals surface area contributed by atoms with Crippen molar-refractivity contribution in [1.29, 1.82) is 0 Å². The van der Waals surface area contributed by atoms with Crippen molar-refractivity contribution in [1.82, 2.24) is 19.6 Å². The van der Waals surface area contributed by atoms with E-state index >= 15 is 0 Å². The molecular weight excluding hydrogens is 890 g/mol. The third kappa shape index (κ3) is 9.74. The molecule has 2 aliphatic carbocycles. The molecule has 1 spiro atoms. The maximum Gasteiger partial charge on any atom is 0.293 e. The molecule has 4 aliphatic rings. The maximum absolute atomic E-state index is 14.9. The van der Waals surface area contributed by atoms with E-state index in [1.807, 2.05) is 0 Å². The first-order valence-corrected chi connectivity index (χ1v) is 25.5. The number of aromatic amines is 1. The van der Waals surface area contributed by atoms with E-state index in [9.17, 15) is 32.8 Å². The highest BCUT2D eigenvalue weighted by Crippen LogP contribution is 2.49. The number of sulfonamides is 1. The van der Waals surface area contributed by atoms with Crippen molar-refractivity contribution in [2.24, 2.45) is 11.3 Å². The van der Waals surface area contributed by atoms with Gasteiger partial charge in [0, 0.05) is 68.8 Å². The van der Waals surface area contributed by atoms with Crippen molar-refractivity contribution >= 4 is 44.0 Å². The first-order chi connectivity index (χ1) is 32.5. The quantitative estimate of drug-likeness (QED) is 0.0575. The van der Waals surface area contributed by atoms with Gasteiger partial charge in [-0.15, -0.1) is 0 Å². The molecule has 0 bridgehead atoms. The highest BCUT2D eigenvalue weighted by atomic mass is 32.2. The van der Waals surface area contributed by atoms with Crippen molar-refractivity contribution in [2.75, 3.05) is 49.5 Å². The molecule has 5 aromatic rings. The van der Waals surface area contributed by atoms with Gasteiger partial charge in [0.25, 0.3) is 27.5 Å². The number of pyridine rings is 1. The van der Waals surface area contributed by atoms with Gasteiger partial charge < -0.3 is 29.8 Å². The van der Waals surface area contributed by atoms with Gasteiger partial charge in [-0.3, -0.25) is 19.8 Å². The number of likely N-dealkylation sites (tertiary alicyclic amines) is 1. The lowest BCUT2D eigenvalue weighted by Gasteiger charge is -2.57. The van der Waals surface area contributed by atoms with Crippen LogP contribution in [-0.4, -0.2) is 90.2 Å². The minimum atomic E-state index is -4.66. The molecule has 2 saturated heterocycles. The molecule has 2 aromatic heterocycles. The van der Waals surface area contributed by atoms with Gasteiger partial charge in [-0.2, -0.15) is 4.98 Å². The van der Waals surface area contributed by atoms with Gasteiger partial charge in [-0.05, 0) is 124 Å². The first kappa shape index (κ1) is 47.3. The highest BCUT2D eigenvalue weighted by Gasteiger charge is 2.49. The summed E-state index contributed by atoms with van der Waals surface area (Å²) in [4.78, 5) is 37.4. The van der Waals surface area contributed by atoms with E-state index in [1.165, 1.54) is 60.9 Å². The lowest BCUT2D eigenvalue weighted by molar-refractivity contribution is -0.384. The minimum Gasteiger partial charge on any atom is -0.475 e. The second kappa shape index (κ2) is 19.0. The van der Waals surface area contributed by atoms with Crippen molar-refractivity contribution in [3.63, 3.8) is 0 Å². The molecule has 362 valence electrons. The van der Waals surface area contributed by atoms with Gasteiger partial charge in [0.05, 0.1) is 33.0 Å². The van der Waals surface area contributed by atoms with Crippen LogP contribution >= 0.6 is 0 Å². The Balaban J connectivity index is 0.935. The predicted octanol–water partition coefficient (Wildman–Crippen LogP) is 9.63. The standard InChI is InChI=1S/C51H62FN7O8S/c1-5-66-49-46(27-40-41(52)29-54-47(40)55-49)67-45-25-34(57-23-21-51(22-24-57)30-58(31-51)43-12-8-11-38(43)37-10-7-6-9-36(37)32(2)3)13-15-39(45)48(60)56-68(64,65)35-14-16-42(44(26-35)59(62)63)53-28-33-17-19-50(4,61)20-18-33/h6-7,9-10,13-16,25-27,29,32-33,38,43,53,61H,5,8,11-12,17-24,28,30-31H2,1-4H3,(H,54,55)(H,56,60)/t33?,38-,43-,50?/m1/s1. The normalized spacial score (nSPS) is 22.9. The van der Waals surface area contributed by atoms with Crippen LogP contribution in [-0.2, 0) is 10.0 Å². The molecule has 17 heteroatoms. The Bertz CT molecular complexity index is 2790. The molecule has 0 radical (unpaired) electrons. The number of halogens is 1. The number of hydrogen-bond donors (Lipinski definition) is 4. The number of nitro benzene ring substituents is 1. The highest BCUT2D eigenvalue weighted by molar-refractivity contribution is 7.90. The number of aromatic nitrogens is 2. The summed E-state index contributed by atoms with van der Waals surface area (Å²) in [6, 6.07) is 19.3. The number of carbonyl (C=O) groups is 1. The monoisotopic (exact) mass is 951 g/mol. The summed E-state index contributed by atoms with van der Waals surface area (Å²) in [5, 5.41) is 25.8. The molecule has 4 heterocycles. The van der Waals surface area contributed by atoms with Crippen LogP contribution in [0.5, 0.6) is 17.4 Å². The van der Waals surface area contributed by atoms with E-state index in [0.29, 0.717) is 37.3 Å². The summed E-state index contributed by atoms with van der Waals surface area (Å²) < 4.78 is 56.9. The minimum absolute atomic E-state index is 0.0117. The van der Waals surface area contributed by atoms with Gasteiger partial charge in [-0.25, -0.2) is 17.5 Å². The van der Waals surface area contributed by atoms with Crippen molar-refractivity contribution in [2.45, 2.75) is 114 Å². The third-order valence-electron chi connectivity index (χ3n) is 15.0. The molecule has 2 atom stereocenters. The first-order valence-electron chi connectivity index (χ1n) is 24.0. The molecule has 0 unspecified atom stereocenters. The molecule has 2 aliphatic heterocycles. The Morgan fingerprint density at radius 3 is 2.49 bits per heavy atom. The molecule has 3 aromatic carbocycles. The smallest absolute Gasteiger partial charge is 0.293 e. The molecule has 15 nitrogen and oxygen atoms in total. The fourth-order valence-corrected chi connectivity index (χ4v) is 12.1. The summed E-state index contributed by atoms with van der Waals surface area (Å²) in [7, 11) is -4.66. The SMILES string of the molecule is CCOc1nc2[nH]cc(F)c2cc1Oc1cc(N2CCC3(CC2)CN([C@@H]2CCC[C@@H]2c2ccccc2C(C)C)C3)ccc1C(=O)NS(=O)(=O)c1ccc(NCC2CCC(C)(O)CC2)c([N+](=O)[O-])c1. The summed E-state index contributed by atoms with van der Waals surface area (Å²) >= 11 is 0. The number of amides is 1. The number of nitrogens with zero attached hydrogens (tertiary/aromatic N) is 4. The number of benzene rings is 3. The number of anilines is 2. The fraction of sp³-hybridized carbons (Fsp3) is 0.490. The van der Waals surface area contributed by atoms with Gasteiger partial charge in [-0.1, -0.05) is 44.5 Å². The summed E-state index contributed by atoms with van der Waals surface area (Å²) in [5.74, 6) is -0.387. The van der Waals surface area contributed by atoms with Crippen molar-refractivity contribution < 1.29 is 37.1 Å². The van der Waals surface area contributed by atoms with Crippen LogP contribution in [0.2, 0.25) is 0 Å². The van der Waals surface area contributed by atoms with Crippen molar-refractivity contribution in [3.05, 3.63) is 106 Å². The van der Waals surface area contributed by atoms with Gasteiger partial charge in [0.2, 0.25) is 0 Å². The van der Waals surface area contributed by atoms with Crippen LogP contribution in [0.4, 0.5) is 21.5 Å². The van der Waals surface area contributed by atoms with Crippen LogP contribution in [0.1, 0.15) is 119 Å². The summed E-state index contributed by atoms with van der Waals surface area (Å²) in [5.41, 5.74) is 2.96. The molecule has 4 N–H and O–H groups in total.